The summed E-state index contributed by atoms with van der Waals surface area (Å²) in [7, 11) is 1.76. The van der Waals surface area contributed by atoms with E-state index in [4.69, 9.17) is 10.5 Å². The number of nitrogens with one attached hydrogen (secondary N) is 1. The molecule has 19 heavy (non-hydrogen) atoms. The molecule has 3 unspecified atom stereocenters. The van der Waals surface area contributed by atoms with E-state index in [1.807, 2.05) is 6.92 Å². The maximum absolute atomic E-state index is 11.4. The van der Waals surface area contributed by atoms with Crippen LogP contribution in [0.15, 0.2) is 0 Å². The van der Waals surface area contributed by atoms with Crippen molar-refractivity contribution in [3.8, 4) is 0 Å². The minimum absolute atomic E-state index is 0.313. The molecule has 1 amide bonds. The molecule has 3 N–H and O–H groups in total. The van der Waals surface area contributed by atoms with Gasteiger partial charge in [-0.3, -0.25) is 4.79 Å². The van der Waals surface area contributed by atoms with Crippen LogP contribution in [0.2, 0.25) is 0 Å². The third-order valence-corrected chi connectivity index (χ3v) is 4.40. The largest absolute Gasteiger partial charge is 0.378 e. The second kappa shape index (κ2) is 6.23. The number of hydrogen-bond acceptors (Lipinski definition) is 3. The Balaban J connectivity index is 2.42. The Bertz CT molecular complexity index is 317. The first kappa shape index (κ1) is 16.4. The first-order chi connectivity index (χ1) is 8.68. The topological polar surface area (TPSA) is 64.3 Å². The predicted molar refractivity (Wildman–Crippen MR) is 77.8 cm³/mol. The number of amides is 1. The molecule has 0 aromatic rings. The summed E-state index contributed by atoms with van der Waals surface area (Å²) in [4.78, 5) is 11.4. The van der Waals surface area contributed by atoms with Gasteiger partial charge in [0.1, 0.15) is 0 Å². The minimum Gasteiger partial charge on any atom is -0.378 e. The van der Waals surface area contributed by atoms with Gasteiger partial charge in [0.15, 0.2) is 0 Å². The second-order valence-electron chi connectivity index (χ2n) is 7.10. The molecule has 0 spiro atoms. The average Bonchev–Trinajstić information content (AvgIpc) is 2.25. The lowest BCUT2D eigenvalue weighted by atomic mass is 9.71. The summed E-state index contributed by atoms with van der Waals surface area (Å²) >= 11 is 0. The Morgan fingerprint density at radius 1 is 1.47 bits per heavy atom. The van der Waals surface area contributed by atoms with Crippen LogP contribution in [-0.4, -0.2) is 31.2 Å². The van der Waals surface area contributed by atoms with Crippen LogP contribution in [-0.2, 0) is 9.53 Å². The SMILES string of the molecule is CNC(C)(CCOC1CC(C)CC(C)(C)C1)C(N)=O. The zero-order valence-corrected chi connectivity index (χ0v) is 13.1. The van der Waals surface area contributed by atoms with Gasteiger partial charge < -0.3 is 15.8 Å². The van der Waals surface area contributed by atoms with Crippen LogP contribution in [0.3, 0.4) is 0 Å². The summed E-state index contributed by atoms with van der Waals surface area (Å²) in [6, 6.07) is 0. The van der Waals surface area contributed by atoms with Crippen LogP contribution >= 0.6 is 0 Å². The fourth-order valence-electron chi connectivity index (χ4n) is 3.19. The van der Waals surface area contributed by atoms with E-state index in [9.17, 15) is 4.79 Å². The van der Waals surface area contributed by atoms with Gasteiger partial charge in [-0.15, -0.1) is 0 Å². The highest BCUT2D eigenvalue weighted by Gasteiger charge is 2.33. The molecule has 4 heteroatoms. The van der Waals surface area contributed by atoms with Crippen molar-refractivity contribution in [2.45, 2.75) is 65.0 Å². The molecule has 3 atom stereocenters. The van der Waals surface area contributed by atoms with E-state index in [-0.39, 0.29) is 5.91 Å². The minimum atomic E-state index is -0.671. The van der Waals surface area contributed by atoms with E-state index < -0.39 is 5.54 Å². The molecule has 112 valence electrons. The molecule has 1 fully saturated rings. The van der Waals surface area contributed by atoms with Crippen LogP contribution in [0.4, 0.5) is 0 Å². The van der Waals surface area contributed by atoms with Gasteiger partial charge in [0.05, 0.1) is 11.6 Å². The number of likely N-dealkylation sites (N-methyl/N-ethyl adjacent to an activating group) is 1. The van der Waals surface area contributed by atoms with E-state index in [1.54, 1.807) is 7.05 Å². The maximum Gasteiger partial charge on any atom is 0.237 e. The summed E-state index contributed by atoms with van der Waals surface area (Å²) in [5.41, 5.74) is 5.10. The number of hydrogen-bond donors (Lipinski definition) is 2. The summed E-state index contributed by atoms with van der Waals surface area (Å²) in [6.07, 6.45) is 4.42. The standard InChI is InChI=1S/C15H30N2O2/c1-11-8-12(10-14(2,3)9-11)19-7-6-15(4,17-5)13(16)18/h11-12,17H,6-10H2,1-5H3,(H2,16,18). The molecule has 0 aromatic carbocycles. The van der Waals surface area contributed by atoms with E-state index in [0.29, 0.717) is 30.5 Å². The van der Waals surface area contributed by atoms with Crippen molar-refractivity contribution in [3.05, 3.63) is 0 Å². The molecule has 0 bridgehead atoms. The van der Waals surface area contributed by atoms with Gasteiger partial charge in [-0.25, -0.2) is 0 Å². The van der Waals surface area contributed by atoms with Crippen molar-refractivity contribution < 1.29 is 9.53 Å². The van der Waals surface area contributed by atoms with Gasteiger partial charge >= 0.3 is 0 Å². The van der Waals surface area contributed by atoms with Gasteiger partial charge in [-0.05, 0) is 51.0 Å². The van der Waals surface area contributed by atoms with Crippen LogP contribution in [0, 0.1) is 11.3 Å². The summed E-state index contributed by atoms with van der Waals surface area (Å²) in [5, 5.41) is 2.99. The van der Waals surface area contributed by atoms with Crippen molar-refractivity contribution in [2.24, 2.45) is 17.1 Å². The fourth-order valence-corrected chi connectivity index (χ4v) is 3.19. The Morgan fingerprint density at radius 2 is 2.11 bits per heavy atom. The third kappa shape index (κ3) is 4.77. The highest BCUT2D eigenvalue weighted by atomic mass is 16.5. The molecule has 1 aliphatic carbocycles. The van der Waals surface area contributed by atoms with E-state index in [2.05, 4.69) is 26.1 Å². The van der Waals surface area contributed by atoms with Crippen LogP contribution in [0.25, 0.3) is 0 Å². The Labute approximate surface area is 117 Å². The molecule has 0 radical (unpaired) electrons. The van der Waals surface area contributed by atoms with Crippen molar-refractivity contribution in [3.63, 3.8) is 0 Å². The van der Waals surface area contributed by atoms with Crippen LogP contribution in [0.1, 0.15) is 53.4 Å². The van der Waals surface area contributed by atoms with E-state index in [1.165, 1.54) is 6.42 Å². The summed E-state index contributed by atoms with van der Waals surface area (Å²) < 4.78 is 5.99. The molecular formula is C15H30N2O2. The van der Waals surface area contributed by atoms with Crippen LogP contribution in [0.5, 0.6) is 0 Å². The smallest absolute Gasteiger partial charge is 0.237 e. The van der Waals surface area contributed by atoms with Crippen molar-refractivity contribution in [2.75, 3.05) is 13.7 Å². The molecular weight excluding hydrogens is 240 g/mol. The van der Waals surface area contributed by atoms with Gasteiger partial charge in [-0.1, -0.05) is 20.8 Å². The van der Waals surface area contributed by atoms with E-state index >= 15 is 0 Å². The molecule has 1 saturated carbocycles. The Hall–Kier alpha value is -0.610. The quantitative estimate of drug-likeness (QED) is 0.776. The molecule has 0 heterocycles. The zero-order valence-electron chi connectivity index (χ0n) is 13.1. The first-order valence-electron chi connectivity index (χ1n) is 7.29. The molecule has 0 saturated heterocycles. The second-order valence-corrected chi connectivity index (χ2v) is 7.10. The first-order valence-corrected chi connectivity index (χ1v) is 7.29. The maximum atomic E-state index is 11.4. The van der Waals surface area contributed by atoms with Gasteiger partial charge in [0.25, 0.3) is 0 Å². The number of ether oxygens (including phenoxy) is 1. The number of carbonyl (C=O) groups excluding carboxylic acids is 1. The fraction of sp³-hybridized carbons (Fsp3) is 0.933. The molecule has 1 aliphatic rings. The number of rotatable bonds is 6. The third-order valence-electron chi connectivity index (χ3n) is 4.40. The summed E-state index contributed by atoms with van der Waals surface area (Å²) in [6.45, 7) is 9.30. The lowest BCUT2D eigenvalue weighted by Gasteiger charge is -2.39. The Morgan fingerprint density at radius 3 is 2.58 bits per heavy atom. The summed E-state index contributed by atoms with van der Waals surface area (Å²) in [5.74, 6) is 0.386. The molecule has 0 aromatic heterocycles. The van der Waals surface area contributed by atoms with Gasteiger partial charge in [0, 0.05) is 6.61 Å². The average molecular weight is 270 g/mol. The lowest BCUT2D eigenvalue weighted by molar-refractivity contribution is -0.125. The zero-order chi connectivity index (χ0) is 14.7. The van der Waals surface area contributed by atoms with Crippen molar-refractivity contribution >= 4 is 5.91 Å². The molecule has 4 nitrogen and oxygen atoms in total. The van der Waals surface area contributed by atoms with Crippen molar-refractivity contribution in [1.29, 1.82) is 0 Å². The van der Waals surface area contributed by atoms with Gasteiger partial charge in [0.2, 0.25) is 5.91 Å². The lowest BCUT2D eigenvalue weighted by Crippen LogP contribution is -2.52. The highest BCUT2D eigenvalue weighted by molar-refractivity contribution is 5.84. The van der Waals surface area contributed by atoms with Gasteiger partial charge in [-0.2, -0.15) is 0 Å². The normalized spacial score (nSPS) is 29.7. The monoisotopic (exact) mass is 270 g/mol. The van der Waals surface area contributed by atoms with Crippen LogP contribution < -0.4 is 11.1 Å². The number of primary amides is 1. The highest BCUT2D eigenvalue weighted by Crippen LogP contribution is 2.39. The Kier molecular flexibility index (Phi) is 5.39. The van der Waals surface area contributed by atoms with Crippen molar-refractivity contribution in [1.82, 2.24) is 5.32 Å². The van der Waals surface area contributed by atoms with E-state index in [0.717, 1.165) is 12.8 Å². The molecule has 1 rings (SSSR count). The number of nitrogens with two attached hydrogens (primary N) is 1. The predicted octanol–water partition coefficient (Wildman–Crippen LogP) is 2.07. The number of carbonyl (C=O) groups is 1. The molecule has 0 aliphatic heterocycles.